The molecular formula is C22H20F6N8O2S. The summed E-state index contributed by atoms with van der Waals surface area (Å²) < 4.78 is 78.0. The number of halogens is 6. The molecule has 2 N–H and O–H groups in total. The van der Waals surface area contributed by atoms with Gasteiger partial charge in [-0.3, -0.25) is 14.5 Å². The molecule has 4 heterocycles. The highest BCUT2D eigenvalue weighted by molar-refractivity contribution is 7.99. The number of anilines is 3. The number of rotatable bonds is 7. The van der Waals surface area contributed by atoms with E-state index in [0.717, 1.165) is 6.20 Å². The molecule has 1 aliphatic heterocycles. The van der Waals surface area contributed by atoms with E-state index in [1.807, 2.05) is 0 Å². The first kappa shape index (κ1) is 28.1. The largest absolute Gasteiger partial charge is 0.423 e. The summed E-state index contributed by atoms with van der Waals surface area (Å²) in [6.45, 7) is 1.90. The van der Waals surface area contributed by atoms with Crippen molar-refractivity contribution in [3.63, 3.8) is 0 Å². The summed E-state index contributed by atoms with van der Waals surface area (Å²) in [7, 11) is 0. The van der Waals surface area contributed by atoms with Gasteiger partial charge in [-0.2, -0.15) is 31.4 Å². The molecule has 1 unspecified atom stereocenters. The average molecular weight is 575 g/mol. The van der Waals surface area contributed by atoms with Crippen LogP contribution in [0.5, 0.6) is 0 Å². The predicted molar refractivity (Wildman–Crippen MR) is 130 cm³/mol. The summed E-state index contributed by atoms with van der Waals surface area (Å²) in [6, 6.07) is 2.83. The molecule has 10 nitrogen and oxygen atoms in total. The minimum absolute atomic E-state index is 0.000889. The maximum absolute atomic E-state index is 13.3. The van der Waals surface area contributed by atoms with Crippen LogP contribution in [-0.4, -0.2) is 62.5 Å². The molecule has 4 rings (SSSR count). The Labute approximate surface area is 220 Å². The van der Waals surface area contributed by atoms with E-state index in [0.29, 0.717) is 28.9 Å². The lowest BCUT2D eigenvalue weighted by atomic mass is 10.2. The highest BCUT2D eigenvalue weighted by atomic mass is 32.2. The fraction of sp³-hybridized carbons (Fsp3) is 0.364. The number of alkyl halides is 6. The number of aromatic nitrogens is 5. The Kier molecular flexibility index (Phi) is 7.99. The van der Waals surface area contributed by atoms with Crippen LogP contribution in [0.4, 0.5) is 43.8 Å². The van der Waals surface area contributed by atoms with E-state index >= 15 is 0 Å². The Hall–Kier alpha value is -3.89. The molecule has 0 spiro atoms. The van der Waals surface area contributed by atoms with Crippen LogP contribution in [-0.2, 0) is 17.1 Å². The molecule has 1 atom stereocenters. The second-order valence-corrected chi connectivity index (χ2v) is 9.52. The number of carbonyl (C=O) groups is 1. The highest BCUT2D eigenvalue weighted by Crippen LogP contribution is 2.32. The number of carbonyl (C=O) groups excluding carboxylic acids is 1. The lowest BCUT2D eigenvalue weighted by molar-refractivity contribution is -0.139. The third kappa shape index (κ3) is 6.76. The fourth-order valence-electron chi connectivity index (χ4n) is 3.67. The van der Waals surface area contributed by atoms with Crippen molar-refractivity contribution in [2.24, 2.45) is 0 Å². The van der Waals surface area contributed by atoms with E-state index in [-0.39, 0.29) is 31.5 Å². The van der Waals surface area contributed by atoms with Crippen LogP contribution in [0.25, 0.3) is 0 Å². The lowest BCUT2D eigenvalue weighted by Gasteiger charge is -2.33. The monoisotopic (exact) mass is 574 g/mol. The van der Waals surface area contributed by atoms with Crippen LogP contribution < -0.4 is 20.7 Å². The summed E-state index contributed by atoms with van der Waals surface area (Å²) in [5, 5.41) is 7.87. The normalized spacial score (nSPS) is 15.4. The molecule has 39 heavy (non-hydrogen) atoms. The Bertz CT molecular complexity index is 1380. The molecule has 1 saturated heterocycles. The average Bonchev–Trinajstić information content (AvgIpc) is 2.86. The SMILES string of the molecule is CC(CSc1ccnc(N2CCN(c3ncc(C(F)(F)F)cn3)CC2=O)c1)Nc1cn[nH]c(=O)c1C(F)(F)F. The summed E-state index contributed by atoms with van der Waals surface area (Å²) in [5.41, 5.74) is -4.13. The van der Waals surface area contributed by atoms with Crippen LogP contribution in [0, 0.1) is 0 Å². The molecule has 1 fully saturated rings. The minimum atomic E-state index is -4.86. The zero-order valence-electron chi connectivity index (χ0n) is 20.0. The maximum Gasteiger partial charge on any atom is 0.423 e. The van der Waals surface area contributed by atoms with E-state index < -0.39 is 40.8 Å². The molecule has 1 amide bonds. The van der Waals surface area contributed by atoms with Gasteiger partial charge in [0.25, 0.3) is 5.56 Å². The topological polar surface area (TPSA) is 120 Å². The summed E-state index contributed by atoms with van der Waals surface area (Å²) in [4.78, 5) is 39.7. The first-order valence-electron chi connectivity index (χ1n) is 11.3. The quantitative estimate of drug-likeness (QED) is 0.323. The van der Waals surface area contributed by atoms with E-state index in [4.69, 9.17) is 0 Å². The van der Waals surface area contributed by atoms with Crippen LogP contribution in [0.3, 0.4) is 0 Å². The molecule has 0 bridgehead atoms. The van der Waals surface area contributed by atoms with Gasteiger partial charge < -0.3 is 10.2 Å². The lowest BCUT2D eigenvalue weighted by Crippen LogP contribution is -2.51. The number of nitrogens with one attached hydrogen (secondary N) is 2. The number of amides is 1. The Morgan fingerprint density at radius 3 is 2.41 bits per heavy atom. The van der Waals surface area contributed by atoms with Gasteiger partial charge in [-0.1, -0.05) is 0 Å². The highest BCUT2D eigenvalue weighted by Gasteiger charge is 2.37. The predicted octanol–water partition coefficient (Wildman–Crippen LogP) is 3.44. The molecule has 0 aromatic carbocycles. The molecular weight excluding hydrogens is 554 g/mol. The molecule has 1 aliphatic rings. The number of piperazine rings is 1. The molecule has 208 valence electrons. The third-order valence-electron chi connectivity index (χ3n) is 5.50. The van der Waals surface area contributed by atoms with Gasteiger partial charge in [0.15, 0.2) is 0 Å². The number of H-pyrrole nitrogens is 1. The van der Waals surface area contributed by atoms with Crippen LogP contribution in [0.1, 0.15) is 18.1 Å². The molecule has 0 aliphatic carbocycles. The first-order valence-corrected chi connectivity index (χ1v) is 12.3. The number of aromatic amines is 1. The zero-order valence-corrected chi connectivity index (χ0v) is 20.9. The second kappa shape index (κ2) is 11.1. The molecule has 3 aromatic heterocycles. The van der Waals surface area contributed by atoms with Gasteiger partial charge in [-0.05, 0) is 19.1 Å². The van der Waals surface area contributed by atoms with Crippen molar-refractivity contribution in [1.29, 1.82) is 0 Å². The van der Waals surface area contributed by atoms with Crippen molar-refractivity contribution in [2.75, 3.05) is 40.5 Å². The number of thioether (sulfide) groups is 1. The van der Waals surface area contributed by atoms with E-state index in [9.17, 15) is 35.9 Å². The zero-order chi connectivity index (χ0) is 28.4. The van der Waals surface area contributed by atoms with Gasteiger partial charge in [0.1, 0.15) is 17.9 Å². The van der Waals surface area contributed by atoms with E-state index in [1.54, 1.807) is 24.2 Å². The van der Waals surface area contributed by atoms with Crippen LogP contribution in [0.2, 0.25) is 0 Å². The second-order valence-electron chi connectivity index (χ2n) is 8.43. The Balaban J connectivity index is 1.37. The molecule has 17 heteroatoms. The van der Waals surface area contributed by atoms with E-state index in [2.05, 4.69) is 25.4 Å². The molecule has 0 radical (unpaired) electrons. The minimum Gasteiger partial charge on any atom is -0.380 e. The van der Waals surface area contributed by atoms with Crippen LogP contribution in [0.15, 0.2) is 46.6 Å². The summed E-state index contributed by atoms with van der Waals surface area (Å²) in [5.74, 6) is 0.285. The van der Waals surface area contributed by atoms with Crippen molar-refractivity contribution in [3.05, 3.63) is 58.4 Å². The van der Waals surface area contributed by atoms with Gasteiger partial charge in [-0.25, -0.2) is 20.1 Å². The smallest absolute Gasteiger partial charge is 0.380 e. The van der Waals surface area contributed by atoms with E-state index in [1.165, 1.54) is 27.8 Å². The molecule has 0 saturated carbocycles. The molecule has 3 aromatic rings. The van der Waals surface area contributed by atoms with Gasteiger partial charge in [-0.15, -0.1) is 11.8 Å². The fourth-order valence-corrected chi connectivity index (χ4v) is 4.54. The third-order valence-corrected chi connectivity index (χ3v) is 6.76. The van der Waals surface area contributed by atoms with Crippen molar-refractivity contribution in [1.82, 2.24) is 25.1 Å². The van der Waals surface area contributed by atoms with Crippen molar-refractivity contribution >= 4 is 35.1 Å². The van der Waals surface area contributed by atoms with Gasteiger partial charge in [0.2, 0.25) is 11.9 Å². The Morgan fingerprint density at radius 1 is 1.05 bits per heavy atom. The van der Waals surface area contributed by atoms with Crippen molar-refractivity contribution in [3.8, 4) is 0 Å². The number of nitrogens with zero attached hydrogens (tertiary/aromatic N) is 6. The van der Waals surface area contributed by atoms with Gasteiger partial charge in [0.05, 0.1) is 17.4 Å². The van der Waals surface area contributed by atoms with Crippen molar-refractivity contribution in [2.45, 2.75) is 30.2 Å². The van der Waals surface area contributed by atoms with Gasteiger partial charge in [0, 0.05) is 48.4 Å². The number of hydrogen-bond acceptors (Lipinski definition) is 9. The maximum atomic E-state index is 13.3. The number of hydrogen-bond donors (Lipinski definition) is 2. The number of pyridine rings is 1. The standard InChI is InChI=1S/C22H20F6N8O2S/c1-12(33-15-9-32-34-19(38)18(15)22(26,27)28)11-39-14-2-3-29-16(6-14)36-5-4-35(10-17(36)37)20-30-7-13(8-31-20)21(23,24)25/h2-3,6-9,12H,4-5,10-11H2,1H3,(H2,33,34,38). The summed E-state index contributed by atoms with van der Waals surface area (Å²) in [6.07, 6.45) is -5.73. The van der Waals surface area contributed by atoms with Crippen LogP contribution >= 0.6 is 11.8 Å². The first-order chi connectivity index (χ1) is 18.3. The van der Waals surface area contributed by atoms with Crippen molar-refractivity contribution < 1.29 is 31.1 Å². The van der Waals surface area contributed by atoms with Gasteiger partial charge >= 0.3 is 12.4 Å². The Morgan fingerprint density at radius 2 is 1.77 bits per heavy atom. The summed E-state index contributed by atoms with van der Waals surface area (Å²) >= 11 is 1.30.